The zero-order valence-corrected chi connectivity index (χ0v) is 12.9. The molecule has 0 fully saturated rings. The van der Waals surface area contributed by atoms with Crippen molar-refractivity contribution in [1.82, 2.24) is 10.6 Å². The second-order valence-electron chi connectivity index (χ2n) is 5.97. The number of urea groups is 1. The predicted molar refractivity (Wildman–Crippen MR) is 79.8 cm³/mol. The van der Waals surface area contributed by atoms with Gasteiger partial charge in [-0.15, -0.1) is 11.3 Å². The lowest BCUT2D eigenvalue weighted by molar-refractivity contribution is -0.137. The van der Waals surface area contributed by atoms with Gasteiger partial charge in [-0.2, -0.15) is 0 Å². The number of carbonyl (C=O) groups excluding carboxylic acids is 1. The number of hydrogen-bond donors (Lipinski definition) is 3. The molecular formula is C14H22N2O3S. The van der Waals surface area contributed by atoms with E-state index >= 15 is 0 Å². The third kappa shape index (κ3) is 7.13. The summed E-state index contributed by atoms with van der Waals surface area (Å²) < 4.78 is 0. The number of carbonyl (C=O) groups is 2. The fourth-order valence-corrected chi connectivity index (χ4v) is 2.59. The van der Waals surface area contributed by atoms with Crippen LogP contribution in [0.4, 0.5) is 4.79 Å². The zero-order valence-electron chi connectivity index (χ0n) is 12.1. The highest BCUT2D eigenvalue weighted by molar-refractivity contribution is 7.09. The third-order valence-electron chi connectivity index (χ3n) is 2.62. The van der Waals surface area contributed by atoms with Crippen LogP contribution in [0.1, 0.15) is 38.5 Å². The monoisotopic (exact) mass is 298 g/mol. The molecule has 20 heavy (non-hydrogen) atoms. The number of carboxylic acid groups (broad SMARTS) is 1. The molecule has 1 rings (SSSR count). The summed E-state index contributed by atoms with van der Waals surface area (Å²) in [5.74, 6) is -0.905. The predicted octanol–water partition coefficient (Wildman–Crippen LogP) is 2.83. The van der Waals surface area contributed by atoms with Crippen molar-refractivity contribution >= 4 is 23.3 Å². The number of thiophene rings is 1. The first-order valence-electron chi connectivity index (χ1n) is 6.55. The lowest BCUT2D eigenvalue weighted by Gasteiger charge is -2.25. The Morgan fingerprint density at radius 1 is 1.40 bits per heavy atom. The molecule has 1 unspecified atom stereocenters. The molecule has 1 aromatic heterocycles. The minimum absolute atomic E-state index is 0.0405. The van der Waals surface area contributed by atoms with Crippen LogP contribution in [0, 0.1) is 5.41 Å². The van der Waals surface area contributed by atoms with Gasteiger partial charge in [-0.1, -0.05) is 26.8 Å². The van der Waals surface area contributed by atoms with Gasteiger partial charge in [0.2, 0.25) is 0 Å². The number of amides is 2. The van der Waals surface area contributed by atoms with Crippen LogP contribution < -0.4 is 10.6 Å². The number of hydrogen-bond acceptors (Lipinski definition) is 3. The quantitative estimate of drug-likeness (QED) is 0.755. The van der Waals surface area contributed by atoms with Gasteiger partial charge in [0.15, 0.2) is 0 Å². The molecule has 1 aromatic rings. The minimum atomic E-state index is -0.905. The van der Waals surface area contributed by atoms with E-state index in [-0.39, 0.29) is 23.9 Å². The number of rotatable bonds is 6. The van der Waals surface area contributed by atoms with Gasteiger partial charge < -0.3 is 15.7 Å². The highest BCUT2D eigenvalue weighted by atomic mass is 32.1. The molecule has 112 valence electrons. The van der Waals surface area contributed by atoms with Crippen molar-refractivity contribution in [3.8, 4) is 0 Å². The van der Waals surface area contributed by atoms with Gasteiger partial charge in [-0.25, -0.2) is 4.79 Å². The van der Waals surface area contributed by atoms with Crippen molar-refractivity contribution in [2.75, 3.05) is 0 Å². The molecule has 0 aliphatic heterocycles. The molecule has 0 radical (unpaired) electrons. The van der Waals surface area contributed by atoms with Gasteiger partial charge in [-0.3, -0.25) is 4.79 Å². The van der Waals surface area contributed by atoms with Crippen molar-refractivity contribution in [2.24, 2.45) is 5.41 Å². The molecule has 0 aliphatic rings. The Labute approximate surface area is 123 Å². The van der Waals surface area contributed by atoms with E-state index in [0.29, 0.717) is 13.0 Å². The van der Waals surface area contributed by atoms with Crippen molar-refractivity contribution < 1.29 is 14.7 Å². The largest absolute Gasteiger partial charge is 0.481 e. The normalized spacial score (nSPS) is 12.8. The average Bonchev–Trinajstić information content (AvgIpc) is 2.75. The molecule has 5 nitrogen and oxygen atoms in total. The lowest BCUT2D eigenvalue weighted by atomic mass is 9.87. The van der Waals surface area contributed by atoms with Gasteiger partial charge in [0, 0.05) is 10.9 Å². The van der Waals surface area contributed by atoms with Crippen LogP contribution >= 0.6 is 11.3 Å². The molecule has 0 saturated carbocycles. The summed E-state index contributed by atoms with van der Waals surface area (Å²) >= 11 is 1.57. The standard InChI is InChI=1S/C14H22N2O3S/c1-14(2,3)8-10(7-12(17)18)16-13(19)15-9-11-5-4-6-20-11/h4-6,10H,7-9H2,1-3H3,(H,17,18)(H2,15,16,19). The van der Waals surface area contributed by atoms with Crippen molar-refractivity contribution in [2.45, 2.75) is 46.2 Å². The summed E-state index contributed by atoms with van der Waals surface area (Å²) in [6.07, 6.45) is 0.551. The van der Waals surface area contributed by atoms with Crippen LogP contribution in [0.3, 0.4) is 0 Å². The summed E-state index contributed by atoms with van der Waals surface area (Å²) in [4.78, 5) is 23.7. The summed E-state index contributed by atoms with van der Waals surface area (Å²) in [5, 5.41) is 16.3. The van der Waals surface area contributed by atoms with E-state index in [9.17, 15) is 9.59 Å². The Morgan fingerprint density at radius 3 is 2.60 bits per heavy atom. The molecule has 0 saturated heterocycles. The number of aliphatic carboxylic acids is 1. The SMILES string of the molecule is CC(C)(C)CC(CC(=O)O)NC(=O)NCc1cccs1. The van der Waals surface area contributed by atoms with Gasteiger partial charge in [0.1, 0.15) is 0 Å². The summed E-state index contributed by atoms with van der Waals surface area (Å²) in [6, 6.07) is 3.17. The first kappa shape index (κ1) is 16.5. The Bertz CT molecular complexity index is 438. The molecule has 6 heteroatoms. The first-order chi connectivity index (χ1) is 9.26. The van der Waals surface area contributed by atoms with Gasteiger partial charge in [-0.05, 0) is 23.3 Å². The number of nitrogens with one attached hydrogen (secondary N) is 2. The first-order valence-corrected chi connectivity index (χ1v) is 7.43. The fourth-order valence-electron chi connectivity index (χ4n) is 1.94. The van der Waals surface area contributed by atoms with E-state index in [1.54, 1.807) is 11.3 Å². The molecule has 0 aliphatic carbocycles. The molecule has 0 aromatic carbocycles. The van der Waals surface area contributed by atoms with E-state index in [0.717, 1.165) is 4.88 Å². The molecule has 0 bridgehead atoms. The number of carboxylic acids is 1. The molecule has 1 atom stereocenters. The van der Waals surface area contributed by atoms with Crippen LogP contribution in [-0.2, 0) is 11.3 Å². The fraction of sp³-hybridized carbons (Fsp3) is 0.571. The molecule has 3 N–H and O–H groups in total. The molecule has 0 spiro atoms. The molecular weight excluding hydrogens is 276 g/mol. The molecule has 2 amide bonds. The highest BCUT2D eigenvalue weighted by Gasteiger charge is 2.22. The van der Waals surface area contributed by atoms with Crippen LogP contribution in [0.15, 0.2) is 17.5 Å². The Morgan fingerprint density at radius 2 is 2.10 bits per heavy atom. The van der Waals surface area contributed by atoms with E-state index in [1.807, 2.05) is 38.3 Å². The lowest BCUT2D eigenvalue weighted by Crippen LogP contribution is -2.44. The van der Waals surface area contributed by atoms with Crippen LogP contribution in [-0.4, -0.2) is 23.1 Å². The Hall–Kier alpha value is -1.56. The smallest absolute Gasteiger partial charge is 0.315 e. The van der Waals surface area contributed by atoms with Gasteiger partial charge in [0.05, 0.1) is 13.0 Å². The van der Waals surface area contributed by atoms with Crippen molar-refractivity contribution in [1.29, 1.82) is 0 Å². The summed E-state index contributed by atoms with van der Waals surface area (Å²) in [5.41, 5.74) is -0.0405. The van der Waals surface area contributed by atoms with Crippen molar-refractivity contribution in [3.63, 3.8) is 0 Å². The maximum atomic E-state index is 11.8. The second kappa shape index (κ2) is 7.28. The van der Waals surface area contributed by atoms with Crippen LogP contribution in [0.25, 0.3) is 0 Å². The average molecular weight is 298 g/mol. The van der Waals surface area contributed by atoms with E-state index in [2.05, 4.69) is 10.6 Å². The topological polar surface area (TPSA) is 78.4 Å². The van der Waals surface area contributed by atoms with E-state index in [1.165, 1.54) is 0 Å². The van der Waals surface area contributed by atoms with E-state index in [4.69, 9.17) is 5.11 Å². The maximum absolute atomic E-state index is 11.8. The Balaban J connectivity index is 2.46. The third-order valence-corrected chi connectivity index (χ3v) is 3.49. The summed E-state index contributed by atoms with van der Waals surface area (Å²) in [6.45, 7) is 6.52. The maximum Gasteiger partial charge on any atom is 0.315 e. The molecule has 1 heterocycles. The van der Waals surface area contributed by atoms with E-state index < -0.39 is 5.97 Å². The van der Waals surface area contributed by atoms with Crippen molar-refractivity contribution in [3.05, 3.63) is 22.4 Å². The minimum Gasteiger partial charge on any atom is -0.481 e. The van der Waals surface area contributed by atoms with Crippen LogP contribution in [0.2, 0.25) is 0 Å². The summed E-state index contributed by atoms with van der Waals surface area (Å²) in [7, 11) is 0. The zero-order chi connectivity index (χ0) is 15.2. The van der Waals surface area contributed by atoms with Gasteiger partial charge in [0.25, 0.3) is 0 Å². The van der Waals surface area contributed by atoms with Crippen LogP contribution in [0.5, 0.6) is 0 Å². The Kier molecular flexibility index (Phi) is 6.01. The van der Waals surface area contributed by atoms with Gasteiger partial charge >= 0.3 is 12.0 Å². The second-order valence-corrected chi connectivity index (χ2v) is 7.00. The highest BCUT2D eigenvalue weighted by Crippen LogP contribution is 2.22.